The molecule has 2 aromatic carbocycles. The monoisotopic (exact) mass is 334 g/mol. The first-order valence-corrected chi connectivity index (χ1v) is 7.93. The highest BCUT2D eigenvalue weighted by Crippen LogP contribution is 2.23. The van der Waals surface area contributed by atoms with E-state index in [0.717, 1.165) is 11.8 Å². The van der Waals surface area contributed by atoms with Crippen molar-refractivity contribution >= 4 is 6.29 Å². The fourth-order valence-electron chi connectivity index (χ4n) is 2.62. The number of aromatic nitrogens is 2. The lowest BCUT2D eigenvalue weighted by Gasteiger charge is -2.11. The quantitative estimate of drug-likeness (QED) is 0.650. The van der Waals surface area contributed by atoms with Gasteiger partial charge in [-0.2, -0.15) is 5.10 Å². The van der Waals surface area contributed by atoms with Crippen molar-refractivity contribution in [1.29, 1.82) is 0 Å². The first-order chi connectivity index (χ1) is 12.2. The third-order valence-electron chi connectivity index (χ3n) is 3.99. The molecule has 0 spiro atoms. The van der Waals surface area contributed by atoms with E-state index in [1.807, 2.05) is 42.5 Å². The van der Waals surface area contributed by atoms with Gasteiger partial charge in [0.2, 0.25) is 0 Å². The smallest absolute Gasteiger partial charge is 0.272 e. The Kier molecular flexibility index (Phi) is 5.16. The molecule has 126 valence electrons. The van der Waals surface area contributed by atoms with Crippen molar-refractivity contribution in [2.75, 3.05) is 0 Å². The molecule has 5 nitrogen and oxygen atoms in total. The molecule has 3 aromatic rings. The van der Waals surface area contributed by atoms with Crippen LogP contribution < -0.4 is 5.56 Å². The second kappa shape index (κ2) is 7.68. The normalized spacial score (nSPS) is 10.6. The van der Waals surface area contributed by atoms with E-state index in [9.17, 15) is 9.59 Å². The van der Waals surface area contributed by atoms with Gasteiger partial charge in [0.05, 0.1) is 12.8 Å². The van der Waals surface area contributed by atoms with Gasteiger partial charge in [0, 0.05) is 16.7 Å². The van der Waals surface area contributed by atoms with E-state index in [1.54, 1.807) is 25.3 Å². The van der Waals surface area contributed by atoms with Gasteiger partial charge in [-0.05, 0) is 18.1 Å². The van der Waals surface area contributed by atoms with Crippen molar-refractivity contribution in [3.8, 4) is 11.1 Å². The summed E-state index contributed by atoms with van der Waals surface area (Å²) in [7, 11) is 0. The summed E-state index contributed by atoms with van der Waals surface area (Å²) in [5.74, 6) is 0. The van der Waals surface area contributed by atoms with Crippen LogP contribution >= 0.6 is 0 Å². The molecule has 0 saturated heterocycles. The van der Waals surface area contributed by atoms with E-state index in [-0.39, 0.29) is 12.3 Å². The third-order valence-corrected chi connectivity index (χ3v) is 3.99. The average Bonchev–Trinajstić information content (AvgIpc) is 2.66. The lowest BCUT2D eigenvalue weighted by atomic mass is 9.99. The van der Waals surface area contributed by atoms with Crippen LogP contribution in [-0.2, 0) is 18.1 Å². The highest BCUT2D eigenvalue weighted by molar-refractivity contribution is 5.87. The van der Waals surface area contributed by atoms with E-state index in [0.29, 0.717) is 28.9 Å². The lowest BCUT2D eigenvalue weighted by molar-refractivity contribution is 0.0527. The Morgan fingerprint density at radius 3 is 2.52 bits per heavy atom. The molecule has 3 rings (SSSR count). The maximum absolute atomic E-state index is 12.5. The maximum Gasteiger partial charge on any atom is 0.272 e. The number of carbonyl (C=O) groups is 1. The molecule has 0 unspecified atom stereocenters. The van der Waals surface area contributed by atoms with Crippen LogP contribution in [0.15, 0.2) is 65.6 Å². The van der Waals surface area contributed by atoms with Crippen molar-refractivity contribution in [3.63, 3.8) is 0 Å². The van der Waals surface area contributed by atoms with E-state index in [4.69, 9.17) is 4.74 Å². The van der Waals surface area contributed by atoms with Gasteiger partial charge in [0.1, 0.15) is 6.73 Å². The summed E-state index contributed by atoms with van der Waals surface area (Å²) in [5.41, 5.74) is 3.23. The Labute approximate surface area is 145 Å². The first kappa shape index (κ1) is 16.8. The summed E-state index contributed by atoms with van der Waals surface area (Å²) in [6.07, 6.45) is 2.38. The van der Waals surface area contributed by atoms with Gasteiger partial charge in [-0.3, -0.25) is 9.59 Å². The van der Waals surface area contributed by atoms with Crippen LogP contribution in [0.5, 0.6) is 0 Å². The molecule has 5 heteroatoms. The van der Waals surface area contributed by atoms with E-state index in [1.165, 1.54) is 4.68 Å². The van der Waals surface area contributed by atoms with Crippen LogP contribution in [0.25, 0.3) is 11.1 Å². The third kappa shape index (κ3) is 3.72. The SMILES string of the molecule is Cc1c(-c2ccccc2C=O)cnn(COCc2ccccc2)c1=O. The van der Waals surface area contributed by atoms with E-state index < -0.39 is 0 Å². The highest BCUT2D eigenvalue weighted by Gasteiger charge is 2.12. The number of rotatable bonds is 6. The fourth-order valence-corrected chi connectivity index (χ4v) is 2.62. The van der Waals surface area contributed by atoms with Crippen LogP contribution in [-0.4, -0.2) is 16.1 Å². The predicted octanol–water partition coefficient (Wildman–Crippen LogP) is 3.21. The highest BCUT2D eigenvalue weighted by atomic mass is 16.5. The van der Waals surface area contributed by atoms with Crippen LogP contribution in [0.2, 0.25) is 0 Å². The summed E-state index contributed by atoms with van der Waals surface area (Å²) in [4.78, 5) is 23.8. The molecular weight excluding hydrogens is 316 g/mol. The Hall–Kier alpha value is -3.05. The molecule has 0 bridgehead atoms. The van der Waals surface area contributed by atoms with Crippen molar-refractivity contribution in [3.05, 3.63) is 87.8 Å². The Balaban J connectivity index is 1.81. The van der Waals surface area contributed by atoms with Crippen LogP contribution in [0.3, 0.4) is 0 Å². The fraction of sp³-hybridized carbons (Fsp3) is 0.150. The molecule has 0 aliphatic carbocycles. The number of hydrogen-bond acceptors (Lipinski definition) is 4. The number of aldehydes is 1. The maximum atomic E-state index is 12.5. The van der Waals surface area contributed by atoms with Gasteiger partial charge < -0.3 is 4.74 Å². The molecule has 0 fully saturated rings. The molecule has 0 atom stereocenters. The van der Waals surface area contributed by atoms with Crippen LogP contribution in [0.4, 0.5) is 0 Å². The Morgan fingerprint density at radius 2 is 1.76 bits per heavy atom. The second-order valence-corrected chi connectivity index (χ2v) is 5.66. The molecule has 0 aliphatic heterocycles. The first-order valence-electron chi connectivity index (χ1n) is 7.93. The van der Waals surface area contributed by atoms with Crippen molar-refractivity contribution < 1.29 is 9.53 Å². The molecule has 0 radical (unpaired) electrons. The molecular formula is C20H18N2O3. The van der Waals surface area contributed by atoms with E-state index in [2.05, 4.69) is 5.10 Å². The number of nitrogens with zero attached hydrogens (tertiary/aromatic N) is 2. The van der Waals surface area contributed by atoms with Gasteiger partial charge in [-0.1, -0.05) is 54.6 Å². The molecule has 0 saturated carbocycles. The zero-order chi connectivity index (χ0) is 17.6. The van der Waals surface area contributed by atoms with Crippen molar-refractivity contribution in [2.45, 2.75) is 20.3 Å². The minimum Gasteiger partial charge on any atom is -0.354 e. The van der Waals surface area contributed by atoms with E-state index >= 15 is 0 Å². The predicted molar refractivity (Wildman–Crippen MR) is 95.3 cm³/mol. The van der Waals surface area contributed by atoms with Gasteiger partial charge in [0.15, 0.2) is 6.29 Å². The molecule has 0 amide bonds. The minimum atomic E-state index is -0.230. The van der Waals surface area contributed by atoms with Crippen LogP contribution in [0.1, 0.15) is 21.5 Å². The van der Waals surface area contributed by atoms with Gasteiger partial charge in [-0.15, -0.1) is 0 Å². The Morgan fingerprint density at radius 1 is 1.04 bits per heavy atom. The zero-order valence-electron chi connectivity index (χ0n) is 13.9. The largest absolute Gasteiger partial charge is 0.354 e. The average molecular weight is 334 g/mol. The van der Waals surface area contributed by atoms with Crippen molar-refractivity contribution in [2.24, 2.45) is 0 Å². The summed E-state index contributed by atoms with van der Waals surface area (Å²) < 4.78 is 6.86. The number of ether oxygens (including phenoxy) is 1. The lowest BCUT2D eigenvalue weighted by Crippen LogP contribution is -2.26. The van der Waals surface area contributed by atoms with Gasteiger partial charge in [-0.25, -0.2) is 4.68 Å². The second-order valence-electron chi connectivity index (χ2n) is 5.66. The number of carbonyl (C=O) groups excluding carboxylic acids is 1. The van der Waals surface area contributed by atoms with Crippen molar-refractivity contribution in [1.82, 2.24) is 9.78 Å². The summed E-state index contributed by atoms with van der Waals surface area (Å²) in [6, 6.07) is 16.9. The molecule has 25 heavy (non-hydrogen) atoms. The van der Waals surface area contributed by atoms with Gasteiger partial charge in [0.25, 0.3) is 5.56 Å². The Bertz CT molecular complexity index is 933. The molecule has 1 aromatic heterocycles. The molecule has 0 N–H and O–H groups in total. The minimum absolute atomic E-state index is 0.0736. The zero-order valence-corrected chi connectivity index (χ0v) is 13.9. The van der Waals surface area contributed by atoms with Gasteiger partial charge >= 0.3 is 0 Å². The molecule has 1 heterocycles. The number of hydrogen-bond donors (Lipinski definition) is 0. The standard InChI is InChI=1S/C20H18N2O3/c1-15-19(18-10-6-5-9-17(18)12-23)11-21-22(20(15)24)14-25-13-16-7-3-2-4-8-16/h2-12H,13-14H2,1H3. The number of benzene rings is 2. The summed E-state index contributed by atoms with van der Waals surface area (Å²) in [5, 5.41) is 4.19. The van der Waals surface area contributed by atoms with Crippen LogP contribution in [0, 0.1) is 6.92 Å². The summed E-state index contributed by atoms with van der Waals surface area (Å²) >= 11 is 0. The topological polar surface area (TPSA) is 61.2 Å². The molecule has 0 aliphatic rings. The summed E-state index contributed by atoms with van der Waals surface area (Å²) in [6.45, 7) is 2.21.